The SMILES string of the molecule is Cc1cc(OCCN2CCC(CS(N)(=O)=O)CC2)ccc1C(C)C. The van der Waals surface area contributed by atoms with Crippen molar-refractivity contribution in [1.29, 1.82) is 0 Å². The van der Waals surface area contributed by atoms with Crippen molar-refractivity contribution in [2.75, 3.05) is 32.0 Å². The van der Waals surface area contributed by atoms with Crippen LogP contribution in [-0.2, 0) is 10.0 Å². The van der Waals surface area contributed by atoms with Gasteiger partial charge < -0.3 is 4.74 Å². The minimum atomic E-state index is -3.35. The van der Waals surface area contributed by atoms with Crippen molar-refractivity contribution in [3.63, 3.8) is 0 Å². The Labute approximate surface area is 146 Å². The number of benzene rings is 1. The summed E-state index contributed by atoms with van der Waals surface area (Å²) in [5.41, 5.74) is 2.63. The summed E-state index contributed by atoms with van der Waals surface area (Å²) < 4.78 is 28.2. The maximum absolute atomic E-state index is 11.1. The van der Waals surface area contributed by atoms with E-state index in [-0.39, 0.29) is 11.7 Å². The summed E-state index contributed by atoms with van der Waals surface area (Å²) in [7, 11) is -3.35. The molecule has 1 aromatic rings. The third kappa shape index (κ3) is 6.07. The summed E-state index contributed by atoms with van der Waals surface area (Å²) in [6.45, 7) is 9.86. The van der Waals surface area contributed by atoms with Gasteiger partial charge in [0.1, 0.15) is 12.4 Å². The molecule has 0 aromatic heterocycles. The molecule has 0 aliphatic carbocycles. The van der Waals surface area contributed by atoms with Crippen molar-refractivity contribution < 1.29 is 13.2 Å². The maximum atomic E-state index is 11.1. The highest BCUT2D eigenvalue weighted by Gasteiger charge is 2.22. The smallest absolute Gasteiger partial charge is 0.209 e. The molecule has 1 aromatic carbocycles. The van der Waals surface area contributed by atoms with Gasteiger partial charge in [-0.1, -0.05) is 19.9 Å². The number of likely N-dealkylation sites (tertiary alicyclic amines) is 1. The van der Waals surface area contributed by atoms with Crippen LogP contribution in [0.25, 0.3) is 0 Å². The number of aryl methyl sites for hydroxylation is 1. The predicted molar refractivity (Wildman–Crippen MR) is 97.9 cm³/mol. The minimum absolute atomic E-state index is 0.110. The molecule has 1 fully saturated rings. The molecular formula is C18H30N2O3S. The Balaban J connectivity index is 1.73. The van der Waals surface area contributed by atoms with Crippen molar-refractivity contribution in [1.82, 2.24) is 4.90 Å². The molecular weight excluding hydrogens is 324 g/mol. The van der Waals surface area contributed by atoms with E-state index in [9.17, 15) is 8.42 Å². The van der Waals surface area contributed by atoms with Gasteiger partial charge in [0, 0.05) is 6.54 Å². The van der Waals surface area contributed by atoms with E-state index in [1.807, 2.05) is 6.07 Å². The molecule has 0 unspecified atom stereocenters. The lowest BCUT2D eigenvalue weighted by Gasteiger charge is -2.31. The van der Waals surface area contributed by atoms with Crippen LogP contribution in [0.4, 0.5) is 0 Å². The van der Waals surface area contributed by atoms with Crippen LogP contribution >= 0.6 is 0 Å². The van der Waals surface area contributed by atoms with Crippen molar-refractivity contribution in [3.8, 4) is 5.75 Å². The van der Waals surface area contributed by atoms with E-state index in [1.54, 1.807) is 0 Å². The zero-order chi connectivity index (χ0) is 17.7. The van der Waals surface area contributed by atoms with Crippen LogP contribution < -0.4 is 9.88 Å². The van der Waals surface area contributed by atoms with E-state index in [4.69, 9.17) is 9.88 Å². The average Bonchev–Trinajstić information content (AvgIpc) is 2.47. The fourth-order valence-corrected chi connectivity index (χ4v) is 4.37. The summed E-state index contributed by atoms with van der Waals surface area (Å²) >= 11 is 0. The van der Waals surface area contributed by atoms with Crippen LogP contribution in [0.1, 0.15) is 43.7 Å². The molecule has 0 atom stereocenters. The highest BCUT2D eigenvalue weighted by atomic mass is 32.2. The zero-order valence-corrected chi connectivity index (χ0v) is 15.8. The maximum Gasteiger partial charge on any atom is 0.209 e. The number of nitrogens with two attached hydrogens (primary N) is 1. The lowest BCUT2D eigenvalue weighted by atomic mass is 9.98. The van der Waals surface area contributed by atoms with Gasteiger partial charge in [-0.05, 0) is 68.0 Å². The van der Waals surface area contributed by atoms with E-state index >= 15 is 0 Å². The molecule has 136 valence electrons. The first kappa shape index (κ1) is 19.2. The number of nitrogens with zero attached hydrogens (tertiary/aromatic N) is 1. The van der Waals surface area contributed by atoms with Gasteiger partial charge in [0.25, 0.3) is 0 Å². The first-order chi connectivity index (χ1) is 11.2. The number of ether oxygens (including phenoxy) is 1. The molecule has 1 aliphatic rings. The number of primary sulfonamides is 1. The number of piperidine rings is 1. The predicted octanol–water partition coefficient (Wildman–Crippen LogP) is 2.50. The van der Waals surface area contributed by atoms with Crippen LogP contribution in [0.2, 0.25) is 0 Å². The van der Waals surface area contributed by atoms with E-state index in [1.165, 1.54) is 11.1 Å². The molecule has 1 heterocycles. The molecule has 2 N–H and O–H groups in total. The van der Waals surface area contributed by atoms with Crippen LogP contribution in [0.3, 0.4) is 0 Å². The van der Waals surface area contributed by atoms with Gasteiger partial charge in [-0.2, -0.15) is 0 Å². The lowest BCUT2D eigenvalue weighted by Crippen LogP contribution is -2.38. The Morgan fingerprint density at radius 1 is 1.29 bits per heavy atom. The lowest BCUT2D eigenvalue weighted by molar-refractivity contribution is 0.161. The van der Waals surface area contributed by atoms with Crippen LogP contribution in [0, 0.1) is 12.8 Å². The summed E-state index contributed by atoms with van der Waals surface area (Å²) in [6, 6.07) is 6.29. The van der Waals surface area contributed by atoms with Crippen LogP contribution in [0.5, 0.6) is 5.75 Å². The first-order valence-corrected chi connectivity index (χ1v) is 10.4. The Morgan fingerprint density at radius 3 is 2.50 bits per heavy atom. The monoisotopic (exact) mass is 354 g/mol. The number of sulfonamides is 1. The second kappa shape index (κ2) is 8.32. The van der Waals surface area contributed by atoms with Crippen molar-refractivity contribution >= 4 is 10.0 Å². The summed E-state index contributed by atoms with van der Waals surface area (Å²) in [6.07, 6.45) is 1.78. The van der Waals surface area contributed by atoms with Crippen molar-refractivity contribution in [2.45, 2.75) is 39.5 Å². The van der Waals surface area contributed by atoms with Gasteiger partial charge in [0.15, 0.2) is 0 Å². The molecule has 24 heavy (non-hydrogen) atoms. The van der Waals surface area contributed by atoms with Crippen molar-refractivity contribution in [2.24, 2.45) is 11.1 Å². The molecule has 2 rings (SSSR count). The topological polar surface area (TPSA) is 72.6 Å². The van der Waals surface area contributed by atoms with E-state index in [2.05, 4.69) is 37.8 Å². The van der Waals surface area contributed by atoms with Gasteiger partial charge >= 0.3 is 0 Å². The number of hydrogen-bond donors (Lipinski definition) is 1. The van der Waals surface area contributed by atoms with E-state index in [0.29, 0.717) is 12.5 Å². The summed E-state index contributed by atoms with van der Waals surface area (Å²) in [4.78, 5) is 2.33. The van der Waals surface area contributed by atoms with E-state index in [0.717, 1.165) is 38.2 Å². The Kier molecular flexibility index (Phi) is 6.66. The van der Waals surface area contributed by atoms with Crippen molar-refractivity contribution in [3.05, 3.63) is 29.3 Å². The van der Waals surface area contributed by atoms with Gasteiger partial charge in [0.05, 0.1) is 5.75 Å². The standard InChI is InChI=1S/C18H30N2O3S/c1-14(2)18-5-4-17(12-15(18)3)23-11-10-20-8-6-16(7-9-20)13-24(19,21)22/h4-5,12,14,16H,6-11,13H2,1-3H3,(H2,19,21,22). The molecule has 0 radical (unpaired) electrons. The highest BCUT2D eigenvalue weighted by Crippen LogP contribution is 2.23. The van der Waals surface area contributed by atoms with Gasteiger partial charge in [0.2, 0.25) is 10.0 Å². The van der Waals surface area contributed by atoms with Gasteiger partial charge in [-0.3, -0.25) is 4.90 Å². The zero-order valence-electron chi connectivity index (χ0n) is 15.0. The minimum Gasteiger partial charge on any atom is -0.492 e. The fourth-order valence-electron chi connectivity index (χ4n) is 3.38. The molecule has 0 bridgehead atoms. The summed E-state index contributed by atoms with van der Waals surface area (Å²) in [5.74, 6) is 1.75. The van der Waals surface area contributed by atoms with Crippen LogP contribution in [0.15, 0.2) is 18.2 Å². The largest absolute Gasteiger partial charge is 0.492 e. The second-order valence-electron chi connectivity index (χ2n) is 7.14. The first-order valence-electron chi connectivity index (χ1n) is 8.71. The highest BCUT2D eigenvalue weighted by molar-refractivity contribution is 7.89. The third-order valence-electron chi connectivity index (χ3n) is 4.71. The quantitative estimate of drug-likeness (QED) is 0.816. The van der Waals surface area contributed by atoms with Crippen LogP contribution in [-0.4, -0.2) is 45.3 Å². The molecule has 0 saturated carbocycles. The fraction of sp³-hybridized carbons (Fsp3) is 0.667. The molecule has 0 spiro atoms. The average molecular weight is 355 g/mol. The Hall–Kier alpha value is -1.11. The third-order valence-corrected chi connectivity index (χ3v) is 5.65. The summed E-state index contributed by atoms with van der Waals surface area (Å²) in [5, 5.41) is 5.13. The second-order valence-corrected chi connectivity index (χ2v) is 8.80. The molecule has 5 nitrogen and oxygen atoms in total. The number of hydrogen-bond acceptors (Lipinski definition) is 4. The molecule has 0 amide bonds. The van der Waals surface area contributed by atoms with Gasteiger partial charge in [-0.15, -0.1) is 0 Å². The van der Waals surface area contributed by atoms with Gasteiger partial charge in [-0.25, -0.2) is 13.6 Å². The molecule has 6 heteroatoms. The molecule has 1 aliphatic heterocycles. The van der Waals surface area contributed by atoms with E-state index < -0.39 is 10.0 Å². The Bertz CT molecular complexity index is 636. The Morgan fingerprint density at radius 2 is 1.96 bits per heavy atom. The molecule has 1 saturated heterocycles. The normalized spacial score (nSPS) is 17.4. The number of rotatable bonds is 7.